The first kappa shape index (κ1) is 18.9. The highest BCUT2D eigenvalue weighted by atomic mass is 32.2. The van der Waals surface area contributed by atoms with Gasteiger partial charge in [0.1, 0.15) is 4.90 Å². The highest BCUT2D eigenvalue weighted by Gasteiger charge is 2.31. The molecule has 142 valence electrons. The highest BCUT2D eigenvalue weighted by Crippen LogP contribution is 2.28. The number of ether oxygens (including phenoxy) is 2. The van der Waals surface area contributed by atoms with Crippen LogP contribution in [0.25, 0.3) is 0 Å². The molecule has 0 aromatic heterocycles. The predicted molar refractivity (Wildman–Crippen MR) is 101 cm³/mol. The molecule has 0 bridgehead atoms. The molecule has 1 heterocycles. The van der Waals surface area contributed by atoms with E-state index in [-0.39, 0.29) is 23.9 Å². The Labute approximate surface area is 157 Å². The van der Waals surface area contributed by atoms with Crippen molar-refractivity contribution in [3.63, 3.8) is 0 Å². The molecule has 3 rings (SSSR count). The van der Waals surface area contributed by atoms with Crippen molar-refractivity contribution in [1.29, 1.82) is 0 Å². The van der Waals surface area contributed by atoms with Gasteiger partial charge in [-0.15, -0.1) is 4.40 Å². The van der Waals surface area contributed by atoms with Gasteiger partial charge in [0.2, 0.25) is 0 Å². The van der Waals surface area contributed by atoms with Crippen molar-refractivity contribution in [3.05, 3.63) is 53.6 Å². The average molecular weight is 389 g/mol. The van der Waals surface area contributed by atoms with Gasteiger partial charge in [0, 0.05) is 5.56 Å². The number of fused-ring (bicyclic) bond motifs is 1. The normalized spacial score (nSPS) is 14.7. The lowest BCUT2D eigenvalue weighted by atomic mass is 10.2. The average Bonchev–Trinajstić information content (AvgIpc) is 2.96. The van der Waals surface area contributed by atoms with Crippen molar-refractivity contribution in [2.24, 2.45) is 9.50 Å². The second kappa shape index (κ2) is 7.77. The standard InChI is InChI=1S/C18H19N3O5S/c1-25-15-8-7-13(11-16(15)26-2)12-19-21(9-10-22)18-14-5-3-4-6-17(14)27(23,24)20-18/h3-8,11-12,22H,9-10H2,1-2H3. The Balaban J connectivity index is 1.95. The van der Waals surface area contributed by atoms with Crippen LogP contribution in [0, 0.1) is 0 Å². The maximum atomic E-state index is 12.2. The summed E-state index contributed by atoms with van der Waals surface area (Å²) in [6, 6.07) is 11.8. The van der Waals surface area contributed by atoms with E-state index in [2.05, 4.69) is 9.50 Å². The second-order valence-corrected chi connectivity index (χ2v) is 7.16. The Morgan fingerprint density at radius 2 is 1.89 bits per heavy atom. The van der Waals surface area contributed by atoms with Crippen LogP contribution in [0.5, 0.6) is 11.5 Å². The lowest BCUT2D eigenvalue weighted by molar-refractivity contribution is 0.254. The molecule has 0 unspecified atom stereocenters. The van der Waals surface area contributed by atoms with Gasteiger partial charge in [0.25, 0.3) is 10.0 Å². The Hall–Kier alpha value is -2.91. The molecular weight excluding hydrogens is 370 g/mol. The summed E-state index contributed by atoms with van der Waals surface area (Å²) in [6.45, 7) is -0.128. The molecule has 2 aromatic carbocycles. The van der Waals surface area contributed by atoms with E-state index in [0.29, 0.717) is 22.6 Å². The van der Waals surface area contributed by atoms with Crippen molar-refractivity contribution in [3.8, 4) is 11.5 Å². The summed E-state index contributed by atoms with van der Waals surface area (Å²) < 4.78 is 38.8. The molecular formula is C18H19N3O5S. The number of aliphatic hydroxyl groups is 1. The fourth-order valence-electron chi connectivity index (χ4n) is 2.66. The molecule has 0 saturated carbocycles. The van der Waals surface area contributed by atoms with Gasteiger partial charge in [-0.2, -0.15) is 13.5 Å². The van der Waals surface area contributed by atoms with E-state index < -0.39 is 10.0 Å². The number of amidine groups is 1. The lowest BCUT2D eigenvalue weighted by Crippen LogP contribution is -2.28. The Kier molecular flexibility index (Phi) is 5.43. The maximum absolute atomic E-state index is 12.2. The molecule has 1 N–H and O–H groups in total. The summed E-state index contributed by atoms with van der Waals surface area (Å²) in [5.74, 6) is 1.31. The summed E-state index contributed by atoms with van der Waals surface area (Å²) in [7, 11) is -0.687. The van der Waals surface area contributed by atoms with Crippen molar-refractivity contribution in [1.82, 2.24) is 5.01 Å². The fraction of sp³-hybridized carbons (Fsp3) is 0.222. The second-order valence-electron chi connectivity index (χ2n) is 5.59. The zero-order valence-electron chi connectivity index (χ0n) is 14.9. The van der Waals surface area contributed by atoms with Crippen LogP contribution in [-0.2, 0) is 10.0 Å². The summed E-state index contributed by atoms with van der Waals surface area (Å²) in [4.78, 5) is 0.129. The number of hydrogen-bond donors (Lipinski definition) is 1. The van der Waals surface area contributed by atoms with E-state index in [0.717, 1.165) is 0 Å². The summed E-state index contributed by atoms with van der Waals surface area (Å²) in [5, 5.41) is 15.0. The zero-order valence-corrected chi connectivity index (χ0v) is 15.7. The van der Waals surface area contributed by atoms with Gasteiger partial charge >= 0.3 is 0 Å². The zero-order chi connectivity index (χ0) is 19.4. The molecule has 8 nitrogen and oxygen atoms in total. The number of methoxy groups -OCH3 is 2. The number of nitrogens with zero attached hydrogens (tertiary/aromatic N) is 3. The molecule has 0 saturated heterocycles. The van der Waals surface area contributed by atoms with Crippen molar-refractivity contribution in [2.45, 2.75) is 4.90 Å². The summed E-state index contributed by atoms with van der Waals surface area (Å²) in [6.07, 6.45) is 1.54. The first-order valence-electron chi connectivity index (χ1n) is 8.09. The maximum Gasteiger partial charge on any atom is 0.285 e. The summed E-state index contributed by atoms with van der Waals surface area (Å²) >= 11 is 0. The summed E-state index contributed by atoms with van der Waals surface area (Å²) in [5.41, 5.74) is 1.17. The quantitative estimate of drug-likeness (QED) is 0.593. The molecule has 0 radical (unpaired) electrons. The molecule has 2 aromatic rings. The molecule has 1 aliphatic heterocycles. The SMILES string of the molecule is COc1ccc(C=NN(CCO)C2=NS(=O)(=O)c3ccccc32)cc1OC. The lowest BCUT2D eigenvalue weighted by Gasteiger charge is -2.17. The minimum Gasteiger partial charge on any atom is -0.493 e. The monoisotopic (exact) mass is 389 g/mol. The predicted octanol–water partition coefficient (Wildman–Crippen LogP) is 1.48. The molecule has 0 amide bonds. The fourth-order valence-corrected chi connectivity index (χ4v) is 3.86. The molecule has 27 heavy (non-hydrogen) atoms. The van der Waals surface area contributed by atoms with Crippen LogP contribution < -0.4 is 9.47 Å². The first-order chi connectivity index (χ1) is 13.0. The van der Waals surface area contributed by atoms with Crippen LogP contribution in [-0.4, -0.2) is 58.0 Å². The minimum atomic E-state index is -3.77. The van der Waals surface area contributed by atoms with E-state index in [1.54, 1.807) is 43.5 Å². The van der Waals surface area contributed by atoms with Crippen LogP contribution in [0.2, 0.25) is 0 Å². The van der Waals surface area contributed by atoms with E-state index in [9.17, 15) is 13.5 Å². The Bertz CT molecular complexity index is 1000. The topological polar surface area (TPSA) is 101 Å². The van der Waals surface area contributed by atoms with E-state index in [1.807, 2.05) is 0 Å². The molecule has 1 aliphatic rings. The molecule has 9 heteroatoms. The van der Waals surface area contributed by atoms with E-state index in [1.165, 1.54) is 24.4 Å². The van der Waals surface area contributed by atoms with Crippen LogP contribution in [0.3, 0.4) is 0 Å². The number of rotatable bonds is 6. The van der Waals surface area contributed by atoms with Crippen LogP contribution in [0.1, 0.15) is 11.1 Å². The number of hydrogen-bond acceptors (Lipinski definition) is 7. The molecule has 0 fully saturated rings. The largest absolute Gasteiger partial charge is 0.493 e. The van der Waals surface area contributed by atoms with Crippen LogP contribution >= 0.6 is 0 Å². The van der Waals surface area contributed by atoms with Gasteiger partial charge < -0.3 is 14.6 Å². The molecule has 0 spiro atoms. The third-order valence-electron chi connectivity index (χ3n) is 3.92. The van der Waals surface area contributed by atoms with E-state index >= 15 is 0 Å². The third kappa shape index (κ3) is 3.79. The van der Waals surface area contributed by atoms with Gasteiger partial charge in [-0.1, -0.05) is 12.1 Å². The van der Waals surface area contributed by atoms with Gasteiger partial charge in [-0.3, -0.25) is 0 Å². The van der Waals surface area contributed by atoms with Crippen molar-refractivity contribution >= 4 is 22.1 Å². The molecule has 0 atom stereocenters. The number of aliphatic hydroxyl groups excluding tert-OH is 1. The van der Waals surface area contributed by atoms with Crippen molar-refractivity contribution in [2.75, 3.05) is 27.4 Å². The first-order valence-corrected chi connectivity index (χ1v) is 9.53. The minimum absolute atomic E-state index is 0.0898. The van der Waals surface area contributed by atoms with Crippen molar-refractivity contribution < 1.29 is 23.0 Å². The number of hydrazone groups is 1. The number of sulfonamides is 1. The van der Waals surface area contributed by atoms with Gasteiger partial charge in [0.05, 0.1) is 33.6 Å². The van der Waals surface area contributed by atoms with Gasteiger partial charge in [-0.25, -0.2) is 5.01 Å². The van der Waals surface area contributed by atoms with Gasteiger partial charge in [0.15, 0.2) is 17.3 Å². The highest BCUT2D eigenvalue weighted by molar-refractivity contribution is 7.90. The Morgan fingerprint density at radius 1 is 1.15 bits per heavy atom. The Morgan fingerprint density at radius 3 is 2.59 bits per heavy atom. The smallest absolute Gasteiger partial charge is 0.285 e. The molecule has 0 aliphatic carbocycles. The van der Waals surface area contributed by atoms with E-state index in [4.69, 9.17) is 9.47 Å². The number of benzene rings is 2. The third-order valence-corrected chi connectivity index (χ3v) is 5.25. The van der Waals surface area contributed by atoms with Gasteiger partial charge in [-0.05, 0) is 35.9 Å². The van der Waals surface area contributed by atoms with Crippen LogP contribution in [0.4, 0.5) is 0 Å². The van der Waals surface area contributed by atoms with Crippen LogP contribution in [0.15, 0.2) is 56.9 Å².